The largest absolute Gasteiger partial charge is 0.338 e. The summed E-state index contributed by atoms with van der Waals surface area (Å²) in [4.78, 5) is 7.10. The minimum atomic E-state index is 0.216. The van der Waals surface area contributed by atoms with E-state index in [1.807, 2.05) is 0 Å². The minimum absolute atomic E-state index is 0.216. The third-order valence-electron chi connectivity index (χ3n) is 4.63. The molecule has 2 fully saturated rings. The quantitative estimate of drug-likeness (QED) is 0.854. The van der Waals surface area contributed by atoms with E-state index in [1.54, 1.807) is 0 Å². The van der Waals surface area contributed by atoms with E-state index in [1.165, 1.54) is 38.5 Å². The summed E-state index contributed by atoms with van der Waals surface area (Å²) in [6, 6.07) is 0. The molecule has 5 nitrogen and oxygen atoms in total. The van der Waals surface area contributed by atoms with Gasteiger partial charge in [-0.25, -0.2) is 0 Å². The molecule has 1 aromatic heterocycles. The molecule has 0 aromatic carbocycles. The number of anilines is 1. The van der Waals surface area contributed by atoms with Crippen molar-refractivity contribution in [3.05, 3.63) is 5.82 Å². The Kier molecular flexibility index (Phi) is 3.73. The van der Waals surface area contributed by atoms with Crippen LogP contribution in [0.1, 0.15) is 51.3 Å². The Hall–Kier alpha value is -1.10. The lowest BCUT2D eigenvalue weighted by Crippen LogP contribution is -2.29. The topological polar surface area (TPSA) is 56.8 Å². The van der Waals surface area contributed by atoms with Gasteiger partial charge in [-0.3, -0.25) is 5.10 Å². The van der Waals surface area contributed by atoms with Crippen molar-refractivity contribution < 1.29 is 0 Å². The van der Waals surface area contributed by atoms with Gasteiger partial charge in [0.05, 0.1) is 0 Å². The normalized spacial score (nSPS) is 24.2. The molecule has 0 radical (unpaired) electrons. The van der Waals surface area contributed by atoms with E-state index in [4.69, 9.17) is 4.98 Å². The van der Waals surface area contributed by atoms with Gasteiger partial charge in [-0.05, 0) is 25.8 Å². The summed E-state index contributed by atoms with van der Waals surface area (Å²) in [6.45, 7) is 6.53. The van der Waals surface area contributed by atoms with Crippen LogP contribution in [0.3, 0.4) is 0 Å². The van der Waals surface area contributed by atoms with E-state index in [2.05, 4.69) is 27.3 Å². The van der Waals surface area contributed by atoms with Crippen molar-refractivity contribution in [2.45, 2.75) is 50.9 Å². The molecule has 19 heavy (non-hydrogen) atoms. The summed E-state index contributed by atoms with van der Waals surface area (Å²) in [6.07, 6.45) is 7.65. The summed E-state index contributed by atoms with van der Waals surface area (Å²) >= 11 is 0. The average Bonchev–Trinajstić information content (AvgIpc) is 2.77. The number of aromatic amines is 1. The first kappa shape index (κ1) is 12.9. The van der Waals surface area contributed by atoms with Crippen LogP contribution in [0.2, 0.25) is 0 Å². The molecule has 5 heteroatoms. The van der Waals surface area contributed by atoms with Crippen molar-refractivity contribution in [1.82, 2.24) is 20.5 Å². The fourth-order valence-electron chi connectivity index (χ4n) is 3.28. The van der Waals surface area contributed by atoms with Crippen LogP contribution in [0, 0.1) is 0 Å². The lowest BCUT2D eigenvalue weighted by atomic mass is 9.75. The minimum Gasteiger partial charge on any atom is -0.338 e. The Morgan fingerprint density at radius 2 is 1.89 bits per heavy atom. The molecule has 1 saturated heterocycles. The van der Waals surface area contributed by atoms with Gasteiger partial charge in [-0.2, -0.15) is 4.98 Å². The number of hydrogen-bond donors (Lipinski definition) is 2. The first-order chi connectivity index (χ1) is 9.28. The van der Waals surface area contributed by atoms with Gasteiger partial charge in [0.15, 0.2) is 0 Å². The summed E-state index contributed by atoms with van der Waals surface area (Å²) in [5.41, 5.74) is 0.216. The number of rotatable bonds is 2. The van der Waals surface area contributed by atoms with E-state index >= 15 is 0 Å². The fraction of sp³-hybridized carbons (Fsp3) is 0.857. The van der Waals surface area contributed by atoms with Crippen LogP contribution in [-0.2, 0) is 5.41 Å². The molecule has 2 heterocycles. The van der Waals surface area contributed by atoms with Gasteiger partial charge < -0.3 is 10.2 Å². The highest BCUT2D eigenvalue weighted by Gasteiger charge is 2.32. The molecule has 1 aliphatic heterocycles. The monoisotopic (exact) mass is 263 g/mol. The van der Waals surface area contributed by atoms with Crippen LogP contribution in [0.15, 0.2) is 0 Å². The number of nitrogens with one attached hydrogen (secondary N) is 2. The van der Waals surface area contributed by atoms with E-state index in [9.17, 15) is 0 Å². The van der Waals surface area contributed by atoms with Crippen molar-refractivity contribution in [3.8, 4) is 0 Å². The summed E-state index contributed by atoms with van der Waals surface area (Å²) in [5.74, 6) is 1.99. The number of nitrogens with zero attached hydrogens (tertiary/aromatic N) is 3. The molecular formula is C14H25N5. The van der Waals surface area contributed by atoms with Crippen LogP contribution in [0.5, 0.6) is 0 Å². The maximum atomic E-state index is 4.80. The van der Waals surface area contributed by atoms with E-state index in [0.29, 0.717) is 0 Å². The van der Waals surface area contributed by atoms with E-state index in [-0.39, 0.29) is 5.41 Å². The van der Waals surface area contributed by atoms with Crippen LogP contribution >= 0.6 is 0 Å². The molecule has 0 atom stereocenters. The zero-order valence-corrected chi connectivity index (χ0v) is 11.9. The predicted octanol–water partition coefficient (Wildman–Crippen LogP) is 1.83. The van der Waals surface area contributed by atoms with Crippen LogP contribution in [0.25, 0.3) is 0 Å². The van der Waals surface area contributed by atoms with Crippen LogP contribution in [-0.4, -0.2) is 41.4 Å². The van der Waals surface area contributed by atoms with Gasteiger partial charge in [-0.1, -0.05) is 26.2 Å². The summed E-state index contributed by atoms with van der Waals surface area (Å²) in [5, 5.41) is 11.1. The van der Waals surface area contributed by atoms with Gasteiger partial charge in [-0.15, -0.1) is 5.10 Å². The highest BCUT2D eigenvalue weighted by atomic mass is 15.4. The maximum Gasteiger partial charge on any atom is 0.244 e. The highest BCUT2D eigenvalue weighted by molar-refractivity contribution is 5.30. The molecule has 2 N–H and O–H groups in total. The molecule has 0 bridgehead atoms. The van der Waals surface area contributed by atoms with Crippen molar-refractivity contribution in [3.63, 3.8) is 0 Å². The van der Waals surface area contributed by atoms with Gasteiger partial charge in [0.1, 0.15) is 5.82 Å². The molecule has 0 unspecified atom stereocenters. The molecule has 1 aliphatic carbocycles. The summed E-state index contributed by atoms with van der Waals surface area (Å²) in [7, 11) is 0. The van der Waals surface area contributed by atoms with Crippen molar-refractivity contribution in [2.24, 2.45) is 0 Å². The SMILES string of the molecule is CC1(c2nc(N3CCCNCC3)n[nH]2)CCCCC1. The maximum absolute atomic E-state index is 4.80. The number of aromatic nitrogens is 3. The lowest BCUT2D eigenvalue weighted by Gasteiger charge is -2.31. The van der Waals surface area contributed by atoms with Gasteiger partial charge in [0, 0.05) is 25.0 Å². The Bertz CT molecular complexity index is 400. The average molecular weight is 263 g/mol. The van der Waals surface area contributed by atoms with Crippen molar-refractivity contribution in [2.75, 3.05) is 31.1 Å². The molecule has 0 amide bonds. The van der Waals surface area contributed by atoms with Gasteiger partial charge in [0.25, 0.3) is 0 Å². The van der Waals surface area contributed by atoms with Crippen LogP contribution in [0.4, 0.5) is 5.95 Å². The third-order valence-corrected chi connectivity index (χ3v) is 4.63. The second-order valence-electron chi connectivity index (χ2n) is 6.20. The predicted molar refractivity (Wildman–Crippen MR) is 76.5 cm³/mol. The highest BCUT2D eigenvalue weighted by Crippen LogP contribution is 2.37. The molecule has 1 saturated carbocycles. The lowest BCUT2D eigenvalue weighted by molar-refractivity contribution is 0.305. The molecular weight excluding hydrogens is 238 g/mol. The Morgan fingerprint density at radius 1 is 1.05 bits per heavy atom. The second-order valence-corrected chi connectivity index (χ2v) is 6.20. The van der Waals surface area contributed by atoms with Gasteiger partial charge in [0.2, 0.25) is 5.95 Å². The smallest absolute Gasteiger partial charge is 0.244 e. The van der Waals surface area contributed by atoms with E-state index in [0.717, 1.165) is 38.0 Å². The second kappa shape index (κ2) is 5.49. The van der Waals surface area contributed by atoms with Gasteiger partial charge >= 0.3 is 0 Å². The van der Waals surface area contributed by atoms with Crippen molar-refractivity contribution in [1.29, 1.82) is 0 Å². The molecule has 1 aromatic rings. The van der Waals surface area contributed by atoms with E-state index < -0.39 is 0 Å². The Morgan fingerprint density at radius 3 is 2.74 bits per heavy atom. The zero-order valence-electron chi connectivity index (χ0n) is 11.9. The molecule has 106 valence electrons. The van der Waals surface area contributed by atoms with Crippen LogP contribution < -0.4 is 10.2 Å². The Balaban J connectivity index is 1.74. The Labute approximate surface area is 115 Å². The molecule has 2 aliphatic rings. The summed E-state index contributed by atoms with van der Waals surface area (Å²) < 4.78 is 0. The standard InChI is InChI=1S/C14H25N5/c1-14(6-3-2-4-7-14)12-16-13(18-17-12)19-10-5-8-15-9-11-19/h15H,2-11H2,1H3,(H,16,17,18). The molecule has 0 spiro atoms. The zero-order chi connectivity index (χ0) is 13.1. The fourth-order valence-corrected chi connectivity index (χ4v) is 3.28. The molecule has 3 rings (SSSR count). The number of hydrogen-bond acceptors (Lipinski definition) is 4. The third kappa shape index (κ3) is 2.76. The first-order valence-corrected chi connectivity index (χ1v) is 7.66. The first-order valence-electron chi connectivity index (χ1n) is 7.66. The van der Waals surface area contributed by atoms with Crippen molar-refractivity contribution >= 4 is 5.95 Å². The number of H-pyrrole nitrogens is 1.